The number of fused-ring (bicyclic) bond motifs is 1. The number of rotatable bonds is 3. The van der Waals surface area contributed by atoms with Crippen molar-refractivity contribution in [2.45, 2.75) is 18.9 Å². The minimum atomic E-state index is -1.02. The van der Waals surface area contributed by atoms with Gasteiger partial charge in [-0.3, -0.25) is 0 Å². The topological polar surface area (TPSA) is 64.1 Å². The lowest BCUT2D eigenvalue weighted by Crippen LogP contribution is -2.37. The van der Waals surface area contributed by atoms with Crippen LogP contribution in [0.4, 0.5) is 4.39 Å². The molecule has 2 aromatic rings. The summed E-state index contributed by atoms with van der Waals surface area (Å²) in [6.45, 7) is 1.78. The summed E-state index contributed by atoms with van der Waals surface area (Å²) < 4.78 is 15.3. The number of aromatic nitrogens is 2. The fraction of sp³-hybridized carbons (Fsp3) is 0.417. The SMILES string of the molecule is Cn1c(CC(C)(O)CN)nc2c(F)cccc21. The first kappa shape index (κ1) is 12.0. The van der Waals surface area contributed by atoms with Gasteiger partial charge < -0.3 is 15.4 Å². The van der Waals surface area contributed by atoms with E-state index in [4.69, 9.17) is 5.73 Å². The van der Waals surface area contributed by atoms with Gasteiger partial charge in [-0.2, -0.15) is 0 Å². The zero-order chi connectivity index (χ0) is 12.6. The molecule has 92 valence electrons. The fourth-order valence-corrected chi connectivity index (χ4v) is 1.80. The highest BCUT2D eigenvalue weighted by Crippen LogP contribution is 2.20. The molecule has 1 atom stereocenters. The van der Waals surface area contributed by atoms with Crippen LogP contribution in [0.2, 0.25) is 0 Å². The van der Waals surface area contributed by atoms with E-state index in [2.05, 4.69) is 4.98 Å². The summed E-state index contributed by atoms with van der Waals surface area (Å²) in [5.41, 5.74) is 5.49. The predicted molar refractivity (Wildman–Crippen MR) is 64.1 cm³/mol. The van der Waals surface area contributed by atoms with E-state index < -0.39 is 5.60 Å². The maximum absolute atomic E-state index is 13.5. The molecule has 1 heterocycles. The lowest BCUT2D eigenvalue weighted by Gasteiger charge is -2.20. The van der Waals surface area contributed by atoms with Crippen LogP contribution in [0.3, 0.4) is 0 Å². The number of benzene rings is 1. The second-order valence-corrected chi connectivity index (χ2v) is 4.57. The Morgan fingerprint density at radius 2 is 2.24 bits per heavy atom. The summed E-state index contributed by atoms with van der Waals surface area (Å²) in [7, 11) is 1.80. The van der Waals surface area contributed by atoms with Gasteiger partial charge in [0.2, 0.25) is 0 Å². The van der Waals surface area contributed by atoms with Crippen molar-refractivity contribution in [2.24, 2.45) is 12.8 Å². The summed E-state index contributed by atoms with van der Waals surface area (Å²) in [5.74, 6) is 0.275. The first-order valence-corrected chi connectivity index (χ1v) is 5.47. The van der Waals surface area contributed by atoms with Crippen molar-refractivity contribution in [1.82, 2.24) is 9.55 Å². The molecule has 0 bridgehead atoms. The van der Waals surface area contributed by atoms with E-state index in [1.54, 1.807) is 30.7 Å². The summed E-state index contributed by atoms with van der Waals surface area (Å²) >= 11 is 0. The lowest BCUT2D eigenvalue weighted by molar-refractivity contribution is 0.0669. The summed E-state index contributed by atoms with van der Waals surface area (Å²) in [6, 6.07) is 4.82. The molecule has 2 rings (SSSR count). The van der Waals surface area contributed by atoms with Crippen molar-refractivity contribution in [1.29, 1.82) is 0 Å². The summed E-state index contributed by atoms with van der Waals surface area (Å²) in [4.78, 5) is 4.22. The van der Waals surface area contributed by atoms with Crippen molar-refractivity contribution in [3.63, 3.8) is 0 Å². The molecular formula is C12H16FN3O. The minimum absolute atomic E-state index is 0.138. The molecule has 3 N–H and O–H groups in total. The quantitative estimate of drug-likeness (QED) is 0.836. The molecule has 0 fully saturated rings. The Bertz CT molecular complexity index is 548. The third kappa shape index (κ3) is 2.16. The number of hydrogen-bond acceptors (Lipinski definition) is 3. The first-order valence-electron chi connectivity index (χ1n) is 5.47. The van der Waals surface area contributed by atoms with E-state index in [-0.39, 0.29) is 12.4 Å². The Hall–Kier alpha value is -1.46. The fourth-order valence-electron chi connectivity index (χ4n) is 1.80. The highest BCUT2D eigenvalue weighted by Gasteiger charge is 2.22. The number of halogens is 1. The van der Waals surface area contributed by atoms with Crippen molar-refractivity contribution < 1.29 is 9.50 Å². The lowest BCUT2D eigenvalue weighted by atomic mass is 10.0. The van der Waals surface area contributed by atoms with Gasteiger partial charge >= 0.3 is 0 Å². The van der Waals surface area contributed by atoms with Gasteiger partial charge in [-0.25, -0.2) is 9.37 Å². The van der Waals surface area contributed by atoms with Crippen LogP contribution in [0, 0.1) is 5.82 Å². The molecule has 1 aromatic heterocycles. The largest absolute Gasteiger partial charge is 0.388 e. The summed E-state index contributed by atoms with van der Waals surface area (Å²) in [5, 5.41) is 9.92. The van der Waals surface area contributed by atoms with Crippen molar-refractivity contribution >= 4 is 11.0 Å². The molecular weight excluding hydrogens is 221 g/mol. The van der Waals surface area contributed by atoms with Gasteiger partial charge in [-0.05, 0) is 19.1 Å². The molecule has 0 aliphatic heterocycles. The second-order valence-electron chi connectivity index (χ2n) is 4.57. The van der Waals surface area contributed by atoms with E-state index in [1.807, 2.05) is 0 Å². The molecule has 0 radical (unpaired) electrons. The van der Waals surface area contributed by atoms with Crippen LogP contribution in [-0.2, 0) is 13.5 Å². The van der Waals surface area contributed by atoms with E-state index in [9.17, 15) is 9.50 Å². The van der Waals surface area contributed by atoms with Crippen molar-refractivity contribution in [2.75, 3.05) is 6.54 Å². The molecule has 0 aliphatic rings. The molecule has 0 saturated carbocycles. The maximum atomic E-state index is 13.5. The number of hydrogen-bond donors (Lipinski definition) is 2. The van der Waals surface area contributed by atoms with Crippen LogP contribution in [0.1, 0.15) is 12.7 Å². The van der Waals surface area contributed by atoms with Crippen LogP contribution >= 0.6 is 0 Å². The van der Waals surface area contributed by atoms with E-state index in [0.717, 1.165) is 0 Å². The summed E-state index contributed by atoms with van der Waals surface area (Å²) in [6.07, 6.45) is 0.300. The van der Waals surface area contributed by atoms with Gasteiger partial charge in [-0.15, -0.1) is 0 Å². The van der Waals surface area contributed by atoms with Crippen LogP contribution in [0.15, 0.2) is 18.2 Å². The normalized spacial score (nSPS) is 15.1. The number of imidazole rings is 1. The van der Waals surface area contributed by atoms with Crippen LogP contribution in [0.5, 0.6) is 0 Å². The monoisotopic (exact) mass is 237 g/mol. The third-order valence-corrected chi connectivity index (χ3v) is 2.93. The maximum Gasteiger partial charge on any atom is 0.151 e. The van der Waals surface area contributed by atoms with Gasteiger partial charge in [0.25, 0.3) is 0 Å². The second kappa shape index (κ2) is 4.09. The van der Waals surface area contributed by atoms with Crippen LogP contribution < -0.4 is 5.73 Å². The molecule has 4 nitrogen and oxygen atoms in total. The highest BCUT2D eigenvalue weighted by atomic mass is 19.1. The molecule has 0 aliphatic carbocycles. The van der Waals surface area contributed by atoms with E-state index >= 15 is 0 Å². The van der Waals surface area contributed by atoms with Crippen LogP contribution in [0.25, 0.3) is 11.0 Å². The molecule has 0 spiro atoms. The number of nitrogens with two attached hydrogens (primary N) is 1. The molecule has 0 amide bonds. The number of aryl methyl sites for hydroxylation is 1. The molecule has 1 unspecified atom stereocenters. The third-order valence-electron chi connectivity index (χ3n) is 2.93. The molecule has 1 aromatic carbocycles. The predicted octanol–water partition coefficient (Wildman–Crippen LogP) is 0.965. The number of para-hydroxylation sites is 1. The average Bonchev–Trinajstić information content (AvgIpc) is 2.58. The van der Waals surface area contributed by atoms with Gasteiger partial charge in [0, 0.05) is 20.0 Å². The van der Waals surface area contributed by atoms with Crippen molar-refractivity contribution in [3.05, 3.63) is 29.8 Å². The van der Waals surface area contributed by atoms with E-state index in [1.165, 1.54) is 6.07 Å². The zero-order valence-electron chi connectivity index (χ0n) is 9.94. The Kier molecular flexibility index (Phi) is 2.89. The zero-order valence-corrected chi connectivity index (χ0v) is 9.94. The Labute approximate surface area is 98.9 Å². The smallest absolute Gasteiger partial charge is 0.151 e. The Morgan fingerprint density at radius 1 is 1.53 bits per heavy atom. The standard InChI is InChI=1S/C12H16FN3O/c1-12(17,7-14)6-10-15-11-8(13)4-3-5-9(11)16(10)2/h3-5,17H,6-7,14H2,1-2H3. The van der Waals surface area contributed by atoms with E-state index in [0.29, 0.717) is 23.3 Å². The van der Waals surface area contributed by atoms with Gasteiger partial charge in [0.1, 0.15) is 11.3 Å². The Morgan fingerprint density at radius 3 is 2.82 bits per heavy atom. The molecule has 17 heavy (non-hydrogen) atoms. The van der Waals surface area contributed by atoms with Gasteiger partial charge in [0.15, 0.2) is 5.82 Å². The average molecular weight is 237 g/mol. The number of nitrogens with zero attached hydrogens (tertiary/aromatic N) is 2. The molecule has 0 saturated heterocycles. The number of aliphatic hydroxyl groups is 1. The van der Waals surface area contributed by atoms with Crippen molar-refractivity contribution in [3.8, 4) is 0 Å². The Balaban J connectivity index is 2.49. The highest BCUT2D eigenvalue weighted by molar-refractivity contribution is 5.76. The first-order chi connectivity index (χ1) is 7.94. The van der Waals surface area contributed by atoms with Gasteiger partial charge in [0.05, 0.1) is 11.1 Å². The van der Waals surface area contributed by atoms with Gasteiger partial charge in [-0.1, -0.05) is 6.07 Å². The minimum Gasteiger partial charge on any atom is -0.388 e. The molecule has 5 heteroatoms. The van der Waals surface area contributed by atoms with Crippen LogP contribution in [-0.4, -0.2) is 26.8 Å².